The summed E-state index contributed by atoms with van der Waals surface area (Å²) in [5, 5.41) is 23.0. The average Bonchev–Trinajstić information content (AvgIpc) is 3.25. The Hall–Kier alpha value is -3.47. The number of amides is 1. The zero-order chi connectivity index (χ0) is 43.5. The van der Waals surface area contributed by atoms with E-state index in [4.69, 9.17) is 0 Å². The average molecular weight is 826 g/mol. The monoisotopic (exact) mass is 826 g/mol. The first kappa shape index (κ1) is 56.5. The van der Waals surface area contributed by atoms with Crippen LogP contribution in [-0.2, 0) is 4.79 Å². The smallest absolute Gasteiger partial charge is 0.220 e. The summed E-state index contributed by atoms with van der Waals surface area (Å²) in [6, 6.07) is -0.655. The van der Waals surface area contributed by atoms with Crippen LogP contribution in [0.4, 0.5) is 0 Å². The standard InChI is InChI=1S/C56H91NO3/c1-3-5-7-9-11-13-15-17-19-20-21-22-23-24-25-26-27-28-29-30-31-32-33-34-35-36-38-40-42-44-46-48-50-52-56(60)57-54(53-58)55(59)51-49-47-45-43-41-39-37-18-16-14-12-10-8-6-4-2/h5,7,11,13,17,19,21-22,24-25,27-28,30-31,33-34,36,38,42,44,49,51,54-55,58-59H,3-4,6,8-10,12,14-16,18,20,23,26,29,32,35,37,39-41,43,45-48,50,52-53H2,1-2H3,(H,57,60)/b7-5-,13-11-,19-17-,22-21-,25-24-,28-27-,31-30-,34-33-,38-36-,44-42-,51-49+. The molecule has 0 spiro atoms. The first-order valence-corrected chi connectivity index (χ1v) is 24.4. The fourth-order valence-corrected chi connectivity index (χ4v) is 6.44. The molecule has 0 aliphatic rings. The van der Waals surface area contributed by atoms with Gasteiger partial charge in [-0.2, -0.15) is 0 Å². The Kier molecular flexibility index (Phi) is 47.0. The fraction of sp³-hybridized carbons (Fsp3) is 0.589. The molecule has 0 aromatic rings. The third-order valence-corrected chi connectivity index (χ3v) is 10.1. The second kappa shape index (κ2) is 49.9. The van der Waals surface area contributed by atoms with Gasteiger partial charge in [0.25, 0.3) is 0 Å². The Morgan fingerprint density at radius 1 is 0.417 bits per heavy atom. The van der Waals surface area contributed by atoms with E-state index in [2.05, 4.69) is 141 Å². The number of nitrogens with one attached hydrogen (secondary N) is 1. The van der Waals surface area contributed by atoms with E-state index in [0.717, 1.165) is 96.3 Å². The van der Waals surface area contributed by atoms with Gasteiger partial charge in [0.05, 0.1) is 18.8 Å². The molecule has 3 N–H and O–H groups in total. The van der Waals surface area contributed by atoms with E-state index in [0.29, 0.717) is 6.42 Å². The van der Waals surface area contributed by atoms with Crippen molar-refractivity contribution in [1.82, 2.24) is 5.32 Å². The number of unbranched alkanes of at least 4 members (excludes halogenated alkanes) is 15. The second-order valence-electron chi connectivity index (χ2n) is 15.8. The summed E-state index contributed by atoms with van der Waals surface area (Å²) in [6.07, 6.45) is 78.5. The predicted octanol–water partition coefficient (Wildman–Crippen LogP) is 15.9. The molecule has 2 atom stereocenters. The molecular weight excluding hydrogens is 735 g/mol. The summed E-state index contributed by atoms with van der Waals surface area (Å²) in [7, 11) is 0. The number of allylic oxidation sites excluding steroid dienone is 21. The number of hydrogen-bond donors (Lipinski definition) is 3. The van der Waals surface area contributed by atoms with Crippen molar-refractivity contribution < 1.29 is 15.0 Å². The van der Waals surface area contributed by atoms with E-state index >= 15 is 0 Å². The lowest BCUT2D eigenvalue weighted by molar-refractivity contribution is -0.123. The molecule has 0 saturated carbocycles. The van der Waals surface area contributed by atoms with Crippen LogP contribution in [0.3, 0.4) is 0 Å². The van der Waals surface area contributed by atoms with Gasteiger partial charge in [-0.25, -0.2) is 0 Å². The summed E-state index contributed by atoms with van der Waals surface area (Å²) < 4.78 is 0. The number of carbonyl (C=O) groups is 1. The molecule has 0 radical (unpaired) electrons. The van der Waals surface area contributed by atoms with Gasteiger partial charge in [-0.1, -0.05) is 225 Å². The van der Waals surface area contributed by atoms with Crippen LogP contribution in [-0.4, -0.2) is 34.9 Å². The molecule has 0 fully saturated rings. The maximum Gasteiger partial charge on any atom is 0.220 e. The molecule has 2 unspecified atom stereocenters. The zero-order valence-electron chi connectivity index (χ0n) is 38.7. The van der Waals surface area contributed by atoms with E-state index in [1.807, 2.05) is 6.08 Å². The lowest BCUT2D eigenvalue weighted by Crippen LogP contribution is -2.45. The molecule has 0 rings (SSSR count). The van der Waals surface area contributed by atoms with Crippen molar-refractivity contribution >= 4 is 5.91 Å². The number of rotatable bonds is 42. The van der Waals surface area contributed by atoms with Crippen molar-refractivity contribution in [3.63, 3.8) is 0 Å². The van der Waals surface area contributed by atoms with Gasteiger partial charge in [0.2, 0.25) is 5.91 Å². The highest BCUT2D eigenvalue weighted by Crippen LogP contribution is 2.13. The molecule has 0 aliphatic carbocycles. The molecule has 0 aromatic carbocycles. The maximum absolute atomic E-state index is 12.4. The summed E-state index contributed by atoms with van der Waals surface area (Å²) in [5.74, 6) is -0.113. The molecule has 0 saturated heterocycles. The van der Waals surface area contributed by atoms with Crippen LogP contribution in [0.25, 0.3) is 0 Å². The Bertz CT molecular complexity index is 1260. The molecule has 1 amide bonds. The molecule has 0 aromatic heterocycles. The quantitative estimate of drug-likeness (QED) is 0.0424. The van der Waals surface area contributed by atoms with Crippen LogP contribution in [0.1, 0.15) is 194 Å². The number of aliphatic hydroxyl groups excluding tert-OH is 2. The van der Waals surface area contributed by atoms with Gasteiger partial charge in [0.15, 0.2) is 0 Å². The van der Waals surface area contributed by atoms with Crippen LogP contribution < -0.4 is 5.32 Å². The lowest BCUT2D eigenvalue weighted by Gasteiger charge is -2.19. The first-order chi connectivity index (χ1) is 29.7. The summed E-state index contributed by atoms with van der Waals surface area (Å²) in [4.78, 5) is 12.4. The van der Waals surface area contributed by atoms with E-state index < -0.39 is 12.1 Å². The number of carbonyl (C=O) groups excluding carboxylic acids is 1. The van der Waals surface area contributed by atoms with Crippen LogP contribution in [0.15, 0.2) is 134 Å². The maximum atomic E-state index is 12.4. The molecule has 60 heavy (non-hydrogen) atoms. The third-order valence-electron chi connectivity index (χ3n) is 10.1. The van der Waals surface area contributed by atoms with Gasteiger partial charge < -0.3 is 15.5 Å². The minimum absolute atomic E-state index is 0.113. The molecule has 4 nitrogen and oxygen atoms in total. The normalized spacial score (nSPS) is 14.1. The Morgan fingerprint density at radius 2 is 0.733 bits per heavy atom. The first-order valence-electron chi connectivity index (χ1n) is 24.4. The minimum Gasteiger partial charge on any atom is -0.394 e. The zero-order valence-corrected chi connectivity index (χ0v) is 38.7. The van der Waals surface area contributed by atoms with Crippen molar-refractivity contribution in [1.29, 1.82) is 0 Å². The predicted molar refractivity (Wildman–Crippen MR) is 266 cm³/mol. The van der Waals surface area contributed by atoms with Crippen molar-refractivity contribution in [3.8, 4) is 0 Å². The van der Waals surface area contributed by atoms with Crippen LogP contribution in [0, 0.1) is 0 Å². The Balaban J connectivity index is 3.76. The molecule has 0 bridgehead atoms. The van der Waals surface area contributed by atoms with Crippen molar-refractivity contribution in [2.24, 2.45) is 0 Å². The van der Waals surface area contributed by atoms with Crippen molar-refractivity contribution in [2.75, 3.05) is 6.61 Å². The third kappa shape index (κ3) is 45.6. The molecule has 0 aliphatic heterocycles. The van der Waals surface area contributed by atoms with Crippen LogP contribution >= 0.6 is 0 Å². The second-order valence-corrected chi connectivity index (χ2v) is 15.8. The summed E-state index contributed by atoms with van der Waals surface area (Å²) in [5.41, 5.74) is 0. The van der Waals surface area contributed by atoms with E-state index in [1.165, 1.54) is 77.0 Å². The largest absolute Gasteiger partial charge is 0.394 e. The highest BCUT2D eigenvalue weighted by Gasteiger charge is 2.17. The summed E-state index contributed by atoms with van der Waals surface area (Å²) >= 11 is 0. The molecule has 4 heteroatoms. The highest BCUT2D eigenvalue weighted by molar-refractivity contribution is 5.76. The van der Waals surface area contributed by atoms with Gasteiger partial charge >= 0.3 is 0 Å². The molecular formula is C56H91NO3. The van der Waals surface area contributed by atoms with E-state index in [9.17, 15) is 15.0 Å². The number of aliphatic hydroxyl groups is 2. The van der Waals surface area contributed by atoms with E-state index in [-0.39, 0.29) is 12.5 Å². The SMILES string of the molecule is CC/C=C\C/C=C\C/C=C\C/C=C\C/C=C\C/C=C\C/C=C\C/C=C\C/C=C\C/C=C\CCCCC(=O)NC(CO)C(O)/C=C/CCCCCCCCCCCCCCC. The van der Waals surface area contributed by atoms with Gasteiger partial charge in [-0.3, -0.25) is 4.79 Å². The fourth-order valence-electron chi connectivity index (χ4n) is 6.44. The Labute approximate surface area is 371 Å². The van der Waals surface area contributed by atoms with Crippen LogP contribution in [0.2, 0.25) is 0 Å². The van der Waals surface area contributed by atoms with Crippen LogP contribution in [0.5, 0.6) is 0 Å². The van der Waals surface area contributed by atoms with Gasteiger partial charge in [0, 0.05) is 6.42 Å². The lowest BCUT2D eigenvalue weighted by atomic mass is 10.0. The van der Waals surface area contributed by atoms with Gasteiger partial charge in [0.1, 0.15) is 0 Å². The highest BCUT2D eigenvalue weighted by atomic mass is 16.3. The van der Waals surface area contributed by atoms with Crippen molar-refractivity contribution in [3.05, 3.63) is 134 Å². The molecule has 338 valence electrons. The van der Waals surface area contributed by atoms with Gasteiger partial charge in [-0.05, 0) is 96.3 Å². The van der Waals surface area contributed by atoms with E-state index in [1.54, 1.807) is 6.08 Å². The minimum atomic E-state index is -0.867. The van der Waals surface area contributed by atoms with Gasteiger partial charge in [-0.15, -0.1) is 0 Å². The van der Waals surface area contributed by atoms with Crippen molar-refractivity contribution in [2.45, 2.75) is 206 Å². The Morgan fingerprint density at radius 3 is 1.10 bits per heavy atom. The molecule has 0 heterocycles. The summed E-state index contributed by atoms with van der Waals surface area (Å²) in [6.45, 7) is 4.16. The topological polar surface area (TPSA) is 69.6 Å². The number of hydrogen-bond acceptors (Lipinski definition) is 3.